The number of ether oxygens (including phenoxy) is 1. The van der Waals surface area contributed by atoms with Gasteiger partial charge in [-0.3, -0.25) is 14.6 Å². The lowest BCUT2D eigenvalue weighted by Crippen LogP contribution is -2.05. The molecule has 3 aromatic rings. The van der Waals surface area contributed by atoms with E-state index in [0.717, 1.165) is 28.3 Å². The Bertz CT molecular complexity index is 858. The van der Waals surface area contributed by atoms with Gasteiger partial charge in [0.2, 0.25) is 0 Å². The lowest BCUT2D eigenvalue weighted by atomic mass is 10.0. The zero-order chi connectivity index (χ0) is 15.7. The molecule has 4 heteroatoms. The summed E-state index contributed by atoms with van der Waals surface area (Å²) in [5, 5.41) is 2.91. The van der Waals surface area contributed by atoms with Crippen molar-refractivity contribution in [3.05, 3.63) is 70.0 Å². The van der Waals surface area contributed by atoms with Crippen LogP contribution >= 0.6 is 0 Å². The fourth-order valence-corrected chi connectivity index (χ4v) is 2.60. The second-order valence-corrected chi connectivity index (χ2v) is 5.26. The molecule has 0 aliphatic heterocycles. The largest absolute Gasteiger partial charge is 0.497 e. The van der Waals surface area contributed by atoms with Gasteiger partial charge >= 0.3 is 0 Å². The molecular weight excluding hydrogens is 276 g/mol. The molecule has 2 aromatic carbocycles. The number of hydrogen-bond acceptors (Lipinski definition) is 2. The average Bonchev–Trinajstić information content (AvgIpc) is 2.84. The van der Waals surface area contributed by atoms with Crippen LogP contribution in [0.2, 0.25) is 0 Å². The fraction of sp³-hybridized carbons (Fsp3) is 0.167. The van der Waals surface area contributed by atoms with Gasteiger partial charge in [-0.2, -0.15) is 0 Å². The first kappa shape index (κ1) is 14.2. The van der Waals surface area contributed by atoms with Gasteiger partial charge in [-0.1, -0.05) is 24.3 Å². The number of aryl methyl sites for hydroxylation is 1. The maximum Gasteiger partial charge on any atom is 0.267 e. The molecule has 0 amide bonds. The minimum absolute atomic E-state index is 0.0749. The van der Waals surface area contributed by atoms with E-state index in [1.807, 2.05) is 67.1 Å². The summed E-state index contributed by atoms with van der Waals surface area (Å²) in [5.74, 6) is 0.785. The van der Waals surface area contributed by atoms with Crippen molar-refractivity contribution in [1.82, 2.24) is 9.78 Å². The summed E-state index contributed by atoms with van der Waals surface area (Å²) in [7, 11) is 1.63. The number of rotatable bonds is 3. The van der Waals surface area contributed by atoms with Crippen LogP contribution in [0.4, 0.5) is 0 Å². The van der Waals surface area contributed by atoms with Crippen LogP contribution < -0.4 is 10.3 Å². The number of H-pyrrole nitrogens is 1. The van der Waals surface area contributed by atoms with Crippen LogP contribution in [0.15, 0.2) is 53.3 Å². The lowest BCUT2D eigenvalue weighted by Gasteiger charge is -2.12. The first-order valence-electron chi connectivity index (χ1n) is 7.14. The molecule has 0 radical (unpaired) electrons. The van der Waals surface area contributed by atoms with Crippen molar-refractivity contribution >= 4 is 0 Å². The van der Waals surface area contributed by atoms with Crippen LogP contribution in [0.5, 0.6) is 5.75 Å². The minimum Gasteiger partial charge on any atom is -0.497 e. The summed E-state index contributed by atoms with van der Waals surface area (Å²) in [5.41, 5.74) is 4.61. The molecule has 0 fully saturated rings. The highest BCUT2D eigenvalue weighted by atomic mass is 16.5. The van der Waals surface area contributed by atoms with Crippen molar-refractivity contribution in [2.75, 3.05) is 7.11 Å². The van der Waals surface area contributed by atoms with Crippen LogP contribution in [0.1, 0.15) is 11.1 Å². The van der Waals surface area contributed by atoms with E-state index < -0.39 is 0 Å². The van der Waals surface area contributed by atoms with Crippen LogP contribution in [0.3, 0.4) is 0 Å². The smallest absolute Gasteiger partial charge is 0.267 e. The van der Waals surface area contributed by atoms with Gasteiger partial charge in [-0.25, -0.2) is 0 Å². The van der Waals surface area contributed by atoms with E-state index in [-0.39, 0.29) is 5.56 Å². The van der Waals surface area contributed by atoms with E-state index in [0.29, 0.717) is 5.56 Å². The highest BCUT2D eigenvalue weighted by molar-refractivity contribution is 5.68. The molecule has 0 spiro atoms. The van der Waals surface area contributed by atoms with Crippen LogP contribution in [0, 0.1) is 13.8 Å². The molecular formula is C18H18N2O2. The third kappa shape index (κ3) is 2.33. The van der Waals surface area contributed by atoms with Crippen molar-refractivity contribution in [2.45, 2.75) is 13.8 Å². The molecule has 3 rings (SSSR count). The SMILES string of the molecule is COc1ccc(-n2[nH]c(=O)c(C)c2-c2ccccc2C)cc1. The number of nitrogens with zero attached hydrogens (tertiary/aromatic N) is 1. The van der Waals surface area contributed by atoms with Crippen molar-refractivity contribution in [2.24, 2.45) is 0 Å². The molecule has 112 valence electrons. The van der Waals surface area contributed by atoms with E-state index in [4.69, 9.17) is 4.74 Å². The third-order valence-corrected chi connectivity index (χ3v) is 3.86. The standard InChI is InChI=1S/C18H18N2O2/c1-12-6-4-5-7-16(12)17-13(2)18(21)19-20(17)14-8-10-15(22-3)11-9-14/h4-11H,1-3H3,(H,19,21). The zero-order valence-electron chi connectivity index (χ0n) is 12.9. The topological polar surface area (TPSA) is 47.0 Å². The van der Waals surface area contributed by atoms with Gasteiger partial charge in [0.25, 0.3) is 5.56 Å². The van der Waals surface area contributed by atoms with Gasteiger partial charge < -0.3 is 4.74 Å². The molecule has 0 atom stereocenters. The normalized spacial score (nSPS) is 10.7. The number of aromatic nitrogens is 2. The minimum atomic E-state index is -0.0749. The molecule has 0 aliphatic carbocycles. The highest BCUT2D eigenvalue weighted by Gasteiger charge is 2.15. The molecule has 22 heavy (non-hydrogen) atoms. The van der Waals surface area contributed by atoms with E-state index in [9.17, 15) is 4.79 Å². The summed E-state index contributed by atoms with van der Waals surface area (Å²) in [6, 6.07) is 15.7. The van der Waals surface area contributed by atoms with Gasteiger partial charge in [0.05, 0.1) is 18.5 Å². The van der Waals surface area contributed by atoms with E-state index >= 15 is 0 Å². The third-order valence-electron chi connectivity index (χ3n) is 3.86. The van der Waals surface area contributed by atoms with E-state index in [2.05, 4.69) is 5.10 Å². The van der Waals surface area contributed by atoms with Crippen molar-refractivity contribution < 1.29 is 4.74 Å². The summed E-state index contributed by atoms with van der Waals surface area (Å²) < 4.78 is 7.02. The molecule has 0 unspecified atom stereocenters. The molecule has 1 aromatic heterocycles. The van der Waals surface area contributed by atoms with Crippen LogP contribution in [0.25, 0.3) is 16.9 Å². The molecule has 0 saturated carbocycles. The van der Waals surface area contributed by atoms with Crippen molar-refractivity contribution in [3.63, 3.8) is 0 Å². The predicted molar refractivity (Wildman–Crippen MR) is 87.9 cm³/mol. The Balaban J connectivity index is 2.23. The quantitative estimate of drug-likeness (QED) is 0.804. The summed E-state index contributed by atoms with van der Waals surface area (Å²) in [6.07, 6.45) is 0. The Kier molecular flexibility index (Phi) is 3.59. The highest BCUT2D eigenvalue weighted by Crippen LogP contribution is 2.27. The Morgan fingerprint density at radius 3 is 2.32 bits per heavy atom. The Morgan fingerprint density at radius 2 is 1.68 bits per heavy atom. The Hall–Kier alpha value is -2.75. The van der Waals surface area contributed by atoms with Gasteiger partial charge in [0, 0.05) is 11.1 Å². The van der Waals surface area contributed by atoms with Crippen LogP contribution in [-0.4, -0.2) is 16.9 Å². The number of hydrogen-bond donors (Lipinski definition) is 1. The monoisotopic (exact) mass is 294 g/mol. The summed E-state index contributed by atoms with van der Waals surface area (Å²) >= 11 is 0. The van der Waals surface area contributed by atoms with E-state index in [1.165, 1.54) is 0 Å². The van der Waals surface area contributed by atoms with E-state index in [1.54, 1.807) is 7.11 Å². The predicted octanol–water partition coefficient (Wildman–Crippen LogP) is 3.46. The van der Waals surface area contributed by atoms with Gasteiger partial charge in [0.1, 0.15) is 5.75 Å². The van der Waals surface area contributed by atoms with Crippen molar-refractivity contribution in [3.8, 4) is 22.7 Å². The van der Waals surface area contributed by atoms with Gasteiger partial charge in [-0.15, -0.1) is 0 Å². The summed E-state index contributed by atoms with van der Waals surface area (Å²) in [6.45, 7) is 3.89. The Morgan fingerprint density at radius 1 is 1.00 bits per heavy atom. The lowest BCUT2D eigenvalue weighted by molar-refractivity contribution is 0.414. The number of benzene rings is 2. The van der Waals surface area contributed by atoms with Gasteiger partial charge in [0.15, 0.2) is 0 Å². The molecule has 1 N–H and O–H groups in total. The molecule has 0 aliphatic rings. The average molecular weight is 294 g/mol. The fourth-order valence-electron chi connectivity index (χ4n) is 2.60. The second kappa shape index (κ2) is 5.56. The maximum atomic E-state index is 12.1. The molecule has 0 bridgehead atoms. The first-order chi connectivity index (χ1) is 10.6. The molecule has 1 heterocycles. The van der Waals surface area contributed by atoms with Crippen LogP contribution in [-0.2, 0) is 0 Å². The van der Waals surface area contributed by atoms with Gasteiger partial charge in [-0.05, 0) is 43.7 Å². The number of methoxy groups -OCH3 is 1. The molecule has 0 saturated heterocycles. The molecule has 4 nitrogen and oxygen atoms in total. The summed E-state index contributed by atoms with van der Waals surface area (Å²) in [4.78, 5) is 12.1. The first-order valence-corrected chi connectivity index (χ1v) is 7.14. The van der Waals surface area contributed by atoms with Crippen molar-refractivity contribution in [1.29, 1.82) is 0 Å². The number of nitrogens with one attached hydrogen (secondary N) is 1. The Labute approximate surface area is 129 Å². The zero-order valence-corrected chi connectivity index (χ0v) is 12.9. The number of aromatic amines is 1. The maximum absolute atomic E-state index is 12.1. The second-order valence-electron chi connectivity index (χ2n) is 5.26.